The molecule has 1 aromatic carbocycles. The van der Waals surface area contributed by atoms with E-state index in [0.717, 1.165) is 12.2 Å². The average Bonchev–Trinajstić information content (AvgIpc) is 2.49. The Morgan fingerprint density at radius 1 is 1.17 bits per heavy atom. The van der Waals surface area contributed by atoms with Crippen molar-refractivity contribution < 1.29 is 14.3 Å². The minimum atomic E-state index is -0.0513. The summed E-state index contributed by atoms with van der Waals surface area (Å²) in [4.78, 5) is 23.7. The van der Waals surface area contributed by atoms with Crippen LogP contribution < -0.4 is 16.0 Å². The number of morpholine rings is 1. The number of halogens is 1. The van der Waals surface area contributed by atoms with Crippen molar-refractivity contribution in [3.8, 4) is 0 Å². The minimum Gasteiger partial charge on any atom is -0.378 e. The van der Waals surface area contributed by atoms with Gasteiger partial charge in [0.05, 0.1) is 13.2 Å². The van der Waals surface area contributed by atoms with Crippen LogP contribution in [0, 0.1) is 5.92 Å². The molecule has 1 aromatic rings. The van der Waals surface area contributed by atoms with Crippen molar-refractivity contribution in [2.24, 2.45) is 5.92 Å². The van der Waals surface area contributed by atoms with Crippen LogP contribution in [-0.2, 0) is 14.3 Å². The van der Waals surface area contributed by atoms with Gasteiger partial charge in [0.25, 0.3) is 0 Å². The van der Waals surface area contributed by atoms with Crippen molar-refractivity contribution in [3.05, 3.63) is 24.3 Å². The zero-order valence-corrected chi connectivity index (χ0v) is 14.9. The third kappa shape index (κ3) is 7.29. The van der Waals surface area contributed by atoms with Crippen LogP contribution in [-0.4, -0.2) is 37.6 Å². The quantitative estimate of drug-likeness (QED) is 0.732. The van der Waals surface area contributed by atoms with Gasteiger partial charge in [-0.3, -0.25) is 9.59 Å². The van der Waals surface area contributed by atoms with Crippen molar-refractivity contribution in [2.75, 3.05) is 30.4 Å². The van der Waals surface area contributed by atoms with E-state index < -0.39 is 0 Å². The van der Waals surface area contributed by atoms with Crippen LogP contribution in [0.25, 0.3) is 0 Å². The molecule has 0 saturated carbocycles. The largest absolute Gasteiger partial charge is 0.378 e. The van der Waals surface area contributed by atoms with Gasteiger partial charge in [0.2, 0.25) is 11.8 Å². The van der Waals surface area contributed by atoms with E-state index in [1.165, 1.54) is 0 Å². The topological polar surface area (TPSA) is 79.5 Å². The summed E-state index contributed by atoms with van der Waals surface area (Å²) in [6.45, 7) is 6.05. The monoisotopic (exact) mass is 355 g/mol. The van der Waals surface area contributed by atoms with Gasteiger partial charge in [-0.05, 0) is 30.2 Å². The fourth-order valence-electron chi connectivity index (χ4n) is 2.41. The molecule has 134 valence electrons. The maximum absolute atomic E-state index is 12.0. The molecule has 6 nitrogen and oxygen atoms in total. The maximum Gasteiger partial charge on any atom is 0.226 e. The Hall–Kier alpha value is -1.63. The lowest BCUT2D eigenvalue weighted by Gasteiger charge is -2.23. The summed E-state index contributed by atoms with van der Waals surface area (Å²) in [5.41, 5.74) is 1.45. The molecule has 1 fully saturated rings. The van der Waals surface area contributed by atoms with Gasteiger partial charge in [-0.25, -0.2) is 0 Å². The summed E-state index contributed by atoms with van der Waals surface area (Å²) in [6, 6.07) is 7.21. The molecule has 1 aliphatic rings. The molecule has 0 bridgehead atoms. The number of nitrogens with one attached hydrogen (secondary N) is 3. The van der Waals surface area contributed by atoms with E-state index in [2.05, 4.69) is 16.0 Å². The van der Waals surface area contributed by atoms with E-state index >= 15 is 0 Å². The highest BCUT2D eigenvalue weighted by atomic mass is 35.5. The van der Waals surface area contributed by atoms with E-state index in [1.807, 2.05) is 13.8 Å². The minimum absolute atomic E-state index is 0. The van der Waals surface area contributed by atoms with Crippen LogP contribution in [0.3, 0.4) is 0 Å². The molecule has 1 atom stereocenters. The lowest BCUT2D eigenvalue weighted by atomic mass is 10.1. The molecule has 1 heterocycles. The fraction of sp³-hybridized carbons (Fsp3) is 0.529. The normalized spacial score (nSPS) is 17.0. The molecule has 2 amide bonds. The number of rotatable bonds is 6. The molecule has 2 rings (SSSR count). The van der Waals surface area contributed by atoms with Gasteiger partial charge < -0.3 is 20.7 Å². The molecule has 1 aliphatic heterocycles. The molecular formula is C17H26ClN3O3. The first-order valence-electron chi connectivity index (χ1n) is 8.04. The van der Waals surface area contributed by atoms with Crippen LogP contribution in [0.2, 0.25) is 0 Å². The van der Waals surface area contributed by atoms with Crippen LogP contribution in [0.4, 0.5) is 11.4 Å². The summed E-state index contributed by atoms with van der Waals surface area (Å²) in [7, 11) is 0. The SMILES string of the molecule is CC(C)CC(=O)Nc1ccc(NC(=O)CC2COCCN2)cc1.Cl. The maximum atomic E-state index is 12.0. The summed E-state index contributed by atoms with van der Waals surface area (Å²) < 4.78 is 5.33. The van der Waals surface area contributed by atoms with Gasteiger partial charge in [-0.15, -0.1) is 12.4 Å². The van der Waals surface area contributed by atoms with Crippen molar-refractivity contribution in [1.82, 2.24) is 5.32 Å². The van der Waals surface area contributed by atoms with Crippen LogP contribution >= 0.6 is 12.4 Å². The Bertz CT molecular complexity index is 528. The number of amides is 2. The van der Waals surface area contributed by atoms with E-state index in [4.69, 9.17) is 4.74 Å². The zero-order chi connectivity index (χ0) is 16.7. The molecule has 1 saturated heterocycles. The van der Waals surface area contributed by atoms with E-state index in [-0.39, 0.29) is 30.3 Å². The second kappa shape index (κ2) is 10.3. The standard InChI is InChI=1S/C17H25N3O3.ClH/c1-12(2)9-16(21)19-13-3-5-14(6-4-13)20-17(22)10-15-11-23-8-7-18-15;/h3-6,12,15,18H,7-11H2,1-2H3,(H,19,21)(H,20,22);1H. The Morgan fingerprint density at radius 2 is 1.75 bits per heavy atom. The lowest BCUT2D eigenvalue weighted by Crippen LogP contribution is -2.43. The van der Waals surface area contributed by atoms with Gasteiger partial charge in [0, 0.05) is 36.8 Å². The van der Waals surface area contributed by atoms with E-state index in [9.17, 15) is 9.59 Å². The number of hydrogen-bond donors (Lipinski definition) is 3. The highest BCUT2D eigenvalue weighted by Crippen LogP contribution is 2.15. The van der Waals surface area contributed by atoms with Gasteiger partial charge in [0.15, 0.2) is 0 Å². The lowest BCUT2D eigenvalue weighted by molar-refractivity contribution is -0.118. The van der Waals surface area contributed by atoms with Gasteiger partial charge in [-0.1, -0.05) is 13.8 Å². The number of ether oxygens (including phenoxy) is 1. The molecular weight excluding hydrogens is 330 g/mol. The van der Waals surface area contributed by atoms with E-state index in [0.29, 0.717) is 37.7 Å². The highest BCUT2D eigenvalue weighted by molar-refractivity contribution is 5.93. The van der Waals surface area contributed by atoms with Gasteiger partial charge in [0.1, 0.15) is 0 Å². The van der Waals surface area contributed by atoms with Crippen molar-refractivity contribution in [1.29, 1.82) is 0 Å². The first kappa shape index (κ1) is 20.4. The summed E-state index contributed by atoms with van der Waals surface area (Å²) in [6.07, 6.45) is 0.877. The van der Waals surface area contributed by atoms with Crippen LogP contribution in [0.15, 0.2) is 24.3 Å². The van der Waals surface area contributed by atoms with Crippen molar-refractivity contribution in [2.45, 2.75) is 32.7 Å². The van der Waals surface area contributed by atoms with Gasteiger partial charge in [-0.2, -0.15) is 0 Å². The number of hydrogen-bond acceptors (Lipinski definition) is 4. The number of anilines is 2. The number of carbonyl (C=O) groups excluding carboxylic acids is 2. The molecule has 0 radical (unpaired) electrons. The molecule has 0 aliphatic carbocycles. The Morgan fingerprint density at radius 3 is 2.25 bits per heavy atom. The Labute approximate surface area is 149 Å². The molecule has 1 unspecified atom stereocenters. The molecule has 3 N–H and O–H groups in total. The first-order chi connectivity index (χ1) is 11.0. The van der Waals surface area contributed by atoms with Gasteiger partial charge >= 0.3 is 0 Å². The van der Waals surface area contributed by atoms with Crippen LogP contribution in [0.5, 0.6) is 0 Å². The number of benzene rings is 1. The predicted octanol–water partition coefficient (Wildman–Crippen LogP) is 2.41. The number of carbonyl (C=O) groups is 2. The highest BCUT2D eigenvalue weighted by Gasteiger charge is 2.16. The smallest absolute Gasteiger partial charge is 0.226 e. The third-order valence-corrected chi connectivity index (χ3v) is 3.48. The second-order valence-corrected chi connectivity index (χ2v) is 6.20. The molecule has 0 aromatic heterocycles. The average molecular weight is 356 g/mol. The predicted molar refractivity (Wildman–Crippen MR) is 97.6 cm³/mol. The summed E-state index contributed by atoms with van der Waals surface area (Å²) >= 11 is 0. The fourth-order valence-corrected chi connectivity index (χ4v) is 2.41. The Kier molecular flexibility index (Phi) is 8.74. The Balaban J connectivity index is 0.00000288. The summed E-state index contributed by atoms with van der Waals surface area (Å²) in [5.74, 6) is 0.274. The third-order valence-electron chi connectivity index (χ3n) is 3.48. The second-order valence-electron chi connectivity index (χ2n) is 6.20. The first-order valence-corrected chi connectivity index (χ1v) is 8.04. The van der Waals surface area contributed by atoms with Crippen molar-refractivity contribution >= 4 is 35.6 Å². The molecule has 0 spiro atoms. The molecule has 7 heteroatoms. The molecule has 24 heavy (non-hydrogen) atoms. The summed E-state index contributed by atoms with van der Waals surface area (Å²) in [5, 5.41) is 8.94. The zero-order valence-electron chi connectivity index (χ0n) is 14.1. The van der Waals surface area contributed by atoms with Crippen LogP contribution in [0.1, 0.15) is 26.7 Å². The van der Waals surface area contributed by atoms with E-state index in [1.54, 1.807) is 24.3 Å². The van der Waals surface area contributed by atoms with Crippen molar-refractivity contribution in [3.63, 3.8) is 0 Å².